The monoisotopic (exact) mass is 256 g/mol. The van der Waals surface area contributed by atoms with Gasteiger partial charge >= 0.3 is 6.09 Å². The zero-order valence-electron chi connectivity index (χ0n) is 12.2. The van der Waals surface area contributed by atoms with Crippen molar-refractivity contribution in [3.63, 3.8) is 0 Å². The third-order valence-corrected chi connectivity index (χ3v) is 3.36. The molecule has 0 bridgehead atoms. The lowest BCUT2D eigenvalue weighted by atomic mass is 9.91. The smallest absolute Gasteiger partial charge is 0.407 e. The minimum Gasteiger partial charge on any atom is -0.444 e. The maximum absolute atomic E-state index is 11.4. The third-order valence-electron chi connectivity index (χ3n) is 3.36. The second-order valence-corrected chi connectivity index (χ2v) is 6.17. The third kappa shape index (κ3) is 6.24. The van der Waals surface area contributed by atoms with Crippen LogP contribution in [-0.4, -0.2) is 30.8 Å². The zero-order valence-corrected chi connectivity index (χ0v) is 12.2. The second kappa shape index (κ2) is 6.98. The molecule has 4 nitrogen and oxygen atoms in total. The molecule has 1 saturated heterocycles. The molecular formula is C14H28N2O2. The van der Waals surface area contributed by atoms with Crippen LogP contribution < -0.4 is 10.6 Å². The average molecular weight is 256 g/mol. The predicted molar refractivity (Wildman–Crippen MR) is 73.7 cm³/mol. The number of rotatable bonds is 4. The number of amides is 1. The Bertz CT molecular complexity index is 253. The van der Waals surface area contributed by atoms with E-state index in [4.69, 9.17) is 4.74 Å². The van der Waals surface area contributed by atoms with E-state index in [1.54, 1.807) is 0 Å². The standard InChI is InChI=1S/C14H28N2O2/c1-5-11-6-7-12(16-10-11)8-9-15-13(17)18-14(2,3)4/h11-12,16H,5-10H2,1-4H3,(H,15,17)/t11-,12-/m1/s1. The van der Waals surface area contributed by atoms with Gasteiger partial charge in [0.2, 0.25) is 0 Å². The van der Waals surface area contributed by atoms with Gasteiger partial charge in [0.25, 0.3) is 0 Å². The first kappa shape index (κ1) is 15.3. The number of piperidine rings is 1. The van der Waals surface area contributed by atoms with Crippen LogP contribution in [0.2, 0.25) is 0 Å². The van der Waals surface area contributed by atoms with Crippen molar-refractivity contribution in [3.8, 4) is 0 Å². The van der Waals surface area contributed by atoms with Crippen LogP contribution in [-0.2, 0) is 4.74 Å². The van der Waals surface area contributed by atoms with Gasteiger partial charge in [-0.1, -0.05) is 13.3 Å². The van der Waals surface area contributed by atoms with Gasteiger partial charge in [0.15, 0.2) is 0 Å². The lowest BCUT2D eigenvalue weighted by molar-refractivity contribution is 0.0525. The van der Waals surface area contributed by atoms with Crippen molar-refractivity contribution in [2.24, 2.45) is 5.92 Å². The molecule has 1 heterocycles. The van der Waals surface area contributed by atoms with Crippen LogP contribution in [0.5, 0.6) is 0 Å². The molecule has 1 rings (SSSR count). The summed E-state index contributed by atoms with van der Waals surface area (Å²) in [6.45, 7) is 9.67. The molecule has 0 aromatic heterocycles. The summed E-state index contributed by atoms with van der Waals surface area (Å²) in [5.74, 6) is 0.833. The van der Waals surface area contributed by atoms with E-state index in [0.29, 0.717) is 12.6 Å². The van der Waals surface area contributed by atoms with Crippen LogP contribution >= 0.6 is 0 Å². The number of carbonyl (C=O) groups is 1. The molecule has 0 unspecified atom stereocenters. The molecule has 0 radical (unpaired) electrons. The molecule has 1 aliphatic heterocycles. The number of alkyl carbamates (subject to hydrolysis) is 1. The molecule has 2 N–H and O–H groups in total. The minimum absolute atomic E-state index is 0.315. The predicted octanol–water partition coefficient (Wildman–Crippen LogP) is 2.68. The van der Waals surface area contributed by atoms with E-state index in [0.717, 1.165) is 18.9 Å². The summed E-state index contributed by atoms with van der Waals surface area (Å²) >= 11 is 0. The van der Waals surface area contributed by atoms with Crippen molar-refractivity contribution in [2.75, 3.05) is 13.1 Å². The summed E-state index contributed by atoms with van der Waals surface area (Å²) in [4.78, 5) is 11.4. The topological polar surface area (TPSA) is 50.4 Å². The fourth-order valence-electron chi connectivity index (χ4n) is 2.23. The first-order valence-corrected chi connectivity index (χ1v) is 7.11. The normalized spacial score (nSPS) is 24.7. The fraction of sp³-hybridized carbons (Fsp3) is 0.929. The molecule has 106 valence electrons. The van der Waals surface area contributed by atoms with Gasteiger partial charge in [0.1, 0.15) is 5.60 Å². The van der Waals surface area contributed by atoms with Gasteiger partial charge in [-0.3, -0.25) is 0 Å². The van der Waals surface area contributed by atoms with Crippen LogP contribution in [0.4, 0.5) is 4.79 Å². The first-order valence-electron chi connectivity index (χ1n) is 7.11. The summed E-state index contributed by atoms with van der Waals surface area (Å²) < 4.78 is 5.19. The van der Waals surface area contributed by atoms with Crippen LogP contribution in [0.15, 0.2) is 0 Å². The van der Waals surface area contributed by atoms with Crippen LogP contribution in [0.25, 0.3) is 0 Å². The minimum atomic E-state index is -0.415. The van der Waals surface area contributed by atoms with Crippen molar-refractivity contribution in [1.82, 2.24) is 10.6 Å². The van der Waals surface area contributed by atoms with Gasteiger partial charge in [-0.05, 0) is 52.5 Å². The van der Waals surface area contributed by atoms with Gasteiger partial charge in [-0.25, -0.2) is 4.79 Å². The van der Waals surface area contributed by atoms with Gasteiger partial charge in [-0.15, -0.1) is 0 Å². The summed E-state index contributed by atoms with van der Waals surface area (Å²) in [6, 6.07) is 0.544. The number of hydrogen-bond acceptors (Lipinski definition) is 3. The Morgan fingerprint density at radius 1 is 1.39 bits per heavy atom. The van der Waals surface area contributed by atoms with Gasteiger partial charge in [-0.2, -0.15) is 0 Å². The number of ether oxygens (including phenoxy) is 1. The van der Waals surface area contributed by atoms with Gasteiger partial charge in [0.05, 0.1) is 0 Å². The van der Waals surface area contributed by atoms with Gasteiger partial charge < -0.3 is 15.4 Å². The van der Waals surface area contributed by atoms with Crippen molar-refractivity contribution >= 4 is 6.09 Å². The molecule has 1 aliphatic rings. The highest BCUT2D eigenvalue weighted by molar-refractivity contribution is 5.67. The summed E-state index contributed by atoms with van der Waals surface area (Å²) in [6.07, 6.45) is 4.45. The molecule has 0 aromatic carbocycles. The molecule has 2 atom stereocenters. The Hall–Kier alpha value is -0.770. The number of carbonyl (C=O) groups excluding carboxylic acids is 1. The van der Waals surface area contributed by atoms with Crippen molar-refractivity contribution in [3.05, 3.63) is 0 Å². The van der Waals surface area contributed by atoms with E-state index in [1.807, 2.05) is 20.8 Å². The van der Waals surface area contributed by atoms with E-state index in [-0.39, 0.29) is 6.09 Å². The Morgan fingerprint density at radius 3 is 2.61 bits per heavy atom. The maximum Gasteiger partial charge on any atom is 0.407 e. The molecule has 0 aliphatic carbocycles. The molecule has 1 fully saturated rings. The molecule has 18 heavy (non-hydrogen) atoms. The lowest BCUT2D eigenvalue weighted by Gasteiger charge is -2.29. The summed E-state index contributed by atoms with van der Waals surface area (Å²) in [5, 5.41) is 6.36. The Balaban J connectivity index is 2.10. The average Bonchev–Trinajstić information content (AvgIpc) is 2.27. The van der Waals surface area contributed by atoms with E-state index < -0.39 is 5.60 Å². The lowest BCUT2D eigenvalue weighted by Crippen LogP contribution is -2.41. The quantitative estimate of drug-likeness (QED) is 0.813. The molecule has 1 amide bonds. The Morgan fingerprint density at radius 2 is 2.11 bits per heavy atom. The molecular weight excluding hydrogens is 228 g/mol. The highest BCUT2D eigenvalue weighted by atomic mass is 16.6. The van der Waals surface area contributed by atoms with E-state index >= 15 is 0 Å². The zero-order chi connectivity index (χ0) is 13.6. The van der Waals surface area contributed by atoms with Gasteiger partial charge in [0, 0.05) is 12.6 Å². The van der Waals surface area contributed by atoms with Crippen LogP contribution in [0.3, 0.4) is 0 Å². The largest absolute Gasteiger partial charge is 0.444 e. The second-order valence-electron chi connectivity index (χ2n) is 6.17. The highest BCUT2D eigenvalue weighted by Gasteiger charge is 2.20. The summed E-state index contributed by atoms with van der Waals surface area (Å²) in [7, 11) is 0. The molecule has 0 aromatic rings. The highest BCUT2D eigenvalue weighted by Crippen LogP contribution is 2.18. The Labute approximate surface area is 111 Å². The van der Waals surface area contributed by atoms with Crippen molar-refractivity contribution in [1.29, 1.82) is 0 Å². The SMILES string of the molecule is CC[C@@H]1CC[C@H](CCNC(=O)OC(C)(C)C)NC1. The van der Waals surface area contributed by atoms with E-state index in [1.165, 1.54) is 19.3 Å². The molecule has 4 heteroatoms. The number of nitrogens with one attached hydrogen (secondary N) is 2. The maximum atomic E-state index is 11.4. The van der Waals surface area contributed by atoms with E-state index in [2.05, 4.69) is 17.6 Å². The van der Waals surface area contributed by atoms with E-state index in [9.17, 15) is 4.79 Å². The van der Waals surface area contributed by atoms with Crippen LogP contribution in [0.1, 0.15) is 53.4 Å². The Kier molecular flexibility index (Phi) is 5.93. The van der Waals surface area contributed by atoms with Crippen LogP contribution in [0, 0.1) is 5.92 Å². The van der Waals surface area contributed by atoms with Crippen molar-refractivity contribution < 1.29 is 9.53 Å². The first-order chi connectivity index (χ1) is 8.40. The molecule has 0 saturated carbocycles. The van der Waals surface area contributed by atoms with Crippen molar-refractivity contribution in [2.45, 2.75) is 65.0 Å². The number of hydrogen-bond donors (Lipinski definition) is 2. The fourth-order valence-corrected chi connectivity index (χ4v) is 2.23. The summed E-state index contributed by atoms with van der Waals surface area (Å²) in [5.41, 5.74) is -0.415. The molecule has 0 spiro atoms.